The number of likely N-dealkylation sites (tertiary alicyclic amines) is 1. The lowest BCUT2D eigenvalue weighted by atomic mass is 10.00. The average Bonchev–Trinajstić information content (AvgIpc) is 3.40. The standard InChI is InChI=1S/C26H33N3O4/c1-18(2)17-33-21-9-7-19(8-10-21)23-24(28(4)20-11-13-27(3)14-12-20)26(31)29(25(23)30)16-22-6-5-15-32-22/h5-10,15,18,20H,11-14,16-17H2,1-4H3. The summed E-state index contributed by atoms with van der Waals surface area (Å²) in [5.74, 6) is 1.19. The monoisotopic (exact) mass is 451 g/mol. The first-order chi connectivity index (χ1) is 15.8. The van der Waals surface area contributed by atoms with Gasteiger partial charge < -0.3 is 19.0 Å². The summed E-state index contributed by atoms with van der Waals surface area (Å²) in [4.78, 5) is 32.7. The van der Waals surface area contributed by atoms with Crippen LogP contribution in [-0.4, -0.2) is 66.3 Å². The van der Waals surface area contributed by atoms with E-state index in [-0.39, 0.29) is 24.4 Å². The highest BCUT2D eigenvalue weighted by Gasteiger charge is 2.42. The lowest BCUT2D eigenvalue weighted by Crippen LogP contribution is -2.43. The van der Waals surface area contributed by atoms with Crippen LogP contribution >= 0.6 is 0 Å². The number of furan rings is 1. The molecule has 2 aliphatic rings. The molecule has 0 atom stereocenters. The Balaban J connectivity index is 1.66. The summed E-state index contributed by atoms with van der Waals surface area (Å²) in [6.07, 6.45) is 3.45. The molecule has 3 heterocycles. The molecule has 2 aliphatic heterocycles. The van der Waals surface area contributed by atoms with Crippen molar-refractivity contribution in [2.75, 3.05) is 33.8 Å². The Hall–Kier alpha value is -3.06. The summed E-state index contributed by atoms with van der Waals surface area (Å²) in [5.41, 5.74) is 1.64. The number of carbonyl (C=O) groups is 2. The van der Waals surface area contributed by atoms with Gasteiger partial charge in [-0.1, -0.05) is 26.0 Å². The fourth-order valence-corrected chi connectivity index (χ4v) is 4.40. The molecule has 0 bridgehead atoms. The van der Waals surface area contributed by atoms with Gasteiger partial charge in [0.25, 0.3) is 11.8 Å². The van der Waals surface area contributed by atoms with Crippen LogP contribution in [0.5, 0.6) is 5.75 Å². The highest BCUT2D eigenvalue weighted by molar-refractivity contribution is 6.35. The third kappa shape index (κ3) is 4.98. The maximum Gasteiger partial charge on any atom is 0.278 e. The fourth-order valence-electron chi connectivity index (χ4n) is 4.40. The second-order valence-corrected chi connectivity index (χ2v) is 9.37. The molecular weight excluding hydrogens is 418 g/mol. The molecular formula is C26H33N3O4. The first-order valence-corrected chi connectivity index (χ1v) is 11.6. The summed E-state index contributed by atoms with van der Waals surface area (Å²) in [6, 6.07) is 11.2. The van der Waals surface area contributed by atoms with Crippen LogP contribution in [0.1, 0.15) is 38.0 Å². The number of piperidine rings is 1. The molecule has 4 rings (SSSR count). The fraction of sp³-hybridized carbons (Fsp3) is 0.462. The maximum absolute atomic E-state index is 13.5. The maximum atomic E-state index is 13.5. The Bertz CT molecular complexity index is 1000. The topological polar surface area (TPSA) is 66.2 Å². The average molecular weight is 452 g/mol. The molecule has 0 spiro atoms. The first kappa shape index (κ1) is 23.1. The molecule has 33 heavy (non-hydrogen) atoms. The van der Waals surface area contributed by atoms with Gasteiger partial charge in [0, 0.05) is 13.1 Å². The van der Waals surface area contributed by atoms with Gasteiger partial charge in [0.2, 0.25) is 0 Å². The van der Waals surface area contributed by atoms with Crippen LogP contribution in [0.4, 0.5) is 0 Å². The van der Waals surface area contributed by atoms with Gasteiger partial charge in [-0.15, -0.1) is 0 Å². The number of likely N-dealkylation sites (N-methyl/N-ethyl adjacent to an activating group) is 1. The van der Waals surface area contributed by atoms with Crippen molar-refractivity contribution >= 4 is 17.4 Å². The van der Waals surface area contributed by atoms with E-state index in [1.165, 1.54) is 4.90 Å². The van der Waals surface area contributed by atoms with Gasteiger partial charge in [0.15, 0.2) is 0 Å². The summed E-state index contributed by atoms with van der Waals surface area (Å²) in [6.45, 7) is 6.88. The summed E-state index contributed by atoms with van der Waals surface area (Å²) < 4.78 is 11.2. The number of rotatable bonds is 8. The van der Waals surface area contributed by atoms with Gasteiger partial charge in [-0.05, 0) is 68.7 Å². The van der Waals surface area contributed by atoms with Crippen LogP contribution in [0, 0.1) is 5.92 Å². The minimum atomic E-state index is -0.290. The molecule has 7 heteroatoms. The minimum absolute atomic E-state index is 0.120. The molecule has 0 radical (unpaired) electrons. The zero-order chi connectivity index (χ0) is 23.5. The summed E-state index contributed by atoms with van der Waals surface area (Å²) in [7, 11) is 4.05. The molecule has 2 aromatic rings. The summed E-state index contributed by atoms with van der Waals surface area (Å²) >= 11 is 0. The highest BCUT2D eigenvalue weighted by atomic mass is 16.5. The van der Waals surface area contributed by atoms with Gasteiger partial charge in [-0.3, -0.25) is 14.5 Å². The third-order valence-corrected chi connectivity index (χ3v) is 6.35. The number of hydrogen-bond donors (Lipinski definition) is 0. The van der Waals surface area contributed by atoms with Crippen molar-refractivity contribution in [3.05, 3.63) is 59.7 Å². The minimum Gasteiger partial charge on any atom is -0.493 e. The Morgan fingerprint density at radius 2 is 1.79 bits per heavy atom. The molecule has 0 unspecified atom stereocenters. The zero-order valence-corrected chi connectivity index (χ0v) is 19.9. The van der Waals surface area contributed by atoms with Crippen molar-refractivity contribution in [1.82, 2.24) is 14.7 Å². The smallest absolute Gasteiger partial charge is 0.278 e. The zero-order valence-electron chi connectivity index (χ0n) is 19.9. The second-order valence-electron chi connectivity index (χ2n) is 9.37. The van der Waals surface area contributed by atoms with Crippen LogP contribution in [0.15, 0.2) is 52.8 Å². The lowest BCUT2D eigenvalue weighted by Gasteiger charge is -2.36. The Kier molecular flexibility index (Phi) is 6.88. The molecule has 176 valence electrons. The van der Waals surface area contributed by atoms with Crippen molar-refractivity contribution in [3.63, 3.8) is 0 Å². The van der Waals surface area contributed by atoms with E-state index in [0.717, 1.165) is 37.2 Å². The molecule has 0 aliphatic carbocycles. The molecule has 0 saturated carbocycles. The number of amides is 2. The Morgan fingerprint density at radius 3 is 2.39 bits per heavy atom. The van der Waals surface area contributed by atoms with E-state index in [4.69, 9.17) is 9.15 Å². The van der Waals surface area contributed by atoms with Crippen LogP contribution in [0.25, 0.3) is 5.57 Å². The van der Waals surface area contributed by atoms with Crippen molar-refractivity contribution in [3.8, 4) is 5.75 Å². The number of benzene rings is 1. The molecule has 2 amide bonds. The van der Waals surface area contributed by atoms with Crippen LogP contribution in [0.3, 0.4) is 0 Å². The van der Waals surface area contributed by atoms with E-state index in [1.807, 2.05) is 36.2 Å². The van der Waals surface area contributed by atoms with Crippen molar-refractivity contribution < 1.29 is 18.7 Å². The van der Waals surface area contributed by atoms with Crippen LogP contribution < -0.4 is 4.74 Å². The summed E-state index contributed by atoms with van der Waals surface area (Å²) in [5, 5.41) is 0. The normalized spacial score (nSPS) is 18.0. The predicted molar refractivity (Wildman–Crippen MR) is 126 cm³/mol. The molecule has 7 nitrogen and oxygen atoms in total. The Labute approximate surface area is 195 Å². The lowest BCUT2D eigenvalue weighted by molar-refractivity contribution is -0.138. The number of carbonyl (C=O) groups excluding carboxylic acids is 2. The van der Waals surface area contributed by atoms with Gasteiger partial charge >= 0.3 is 0 Å². The third-order valence-electron chi connectivity index (χ3n) is 6.35. The van der Waals surface area contributed by atoms with Gasteiger partial charge in [0.1, 0.15) is 17.2 Å². The number of hydrogen-bond acceptors (Lipinski definition) is 6. The highest BCUT2D eigenvalue weighted by Crippen LogP contribution is 2.35. The van der Waals surface area contributed by atoms with Gasteiger partial charge in [0.05, 0.1) is 25.0 Å². The molecule has 1 fully saturated rings. The van der Waals surface area contributed by atoms with E-state index >= 15 is 0 Å². The van der Waals surface area contributed by atoms with E-state index in [1.54, 1.807) is 18.4 Å². The molecule has 1 aromatic heterocycles. The molecule has 0 N–H and O–H groups in total. The largest absolute Gasteiger partial charge is 0.493 e. The number of nitrogens with zero attached hydrogens (tertiary/aromatic N) is 3. The van der Waals surface area contributed by atoms with Crippen molar-refractivity contribution in [2.45, 2.75) is 39.3 Å². The van der Waals surface area contributed by atoms with Crippen molar-refractivity contribution in [1.29, 1.82) is 0 Å². The van der Waals surface area contributed by atoms with E-state index in [9.17, 15) is 9.59 Å². The molecule has 1 saturated heterocycles. The van der Waals surface area contributed by atoms with E-state index < -0.39 is 0 Å². The second kappa shape index (κ2) is 9.83. The van der Waals surface area contributed by atoms with Crippen LogP contribution in [0.2, 0.25) is 0 Å². The predicted octanol–water partition coefficient (Wildman–Crippen LogP) is 3.62. The van der Waals surface area contributed by atoms with E-state index in [0.29, 0.717) is 29.6 Å². The van der Waals surface area contributed by atoms with Crippen molar-refractivity contribution in [2.24, 2.45) is 5.92 Å². The SMILES string of the molecule is CC(C)COc1ccc(C2=C(N(C)C3CCN(C)CC3)C(=O)N(Cc3ccco3)C2=O)cc1. The van der Waals surface area contributed by atoms with Gasteiger partial charge in [-0.25, -0.2) is 0 Å². The number of imide groups is 1. The molecule has 1 aromatic carbocycles. The van der Waals surface area contributed by atoms with Crippen LogP contribution in [-0.2, 0) is 16.1 Å². The Morgan fingerprint density at radius 1 is 1.09 bits per heavy atom. The first-order valence-electron chi connectivity index (χ1n) is 11.6. The van der Waals surface area contributed by atoms with E-state index in [2.05, 4.69) is 25.8 Å². The quantitative estimate of drug-likeness (QED) is 0.571. The number of ether oxygens (including phenoxy) is 1. The van der Waals surface area contributed by atoms with Gasteiger partial charge in [-0.2, -0.15) is 0 Å².